The third-order valence-corrected chi connectivity index (χ3v) is 1.72. The Morgan fingerprint density at radius 2 is 1.87 bits per heavy atom. The summed E-state index contributed by atoms with van der Waals surface area (Å²) in [7, 11) is 1.12. The van der Waals surface area contributed by atoms with Crippen molar-refractivity contribution in [1.82, 2.24) is 0 Å². The van der Waals surface area contributed by atoms with Crippen LogP contribution in [0.2, 0.25) is 0 Å². The van der Waals surface area contributed by atoms with E-state index in [2.05, 4.69) is 4.74 Å². The van der Waals surface area contributed by atoms with E-state index in [1.807, 2.05) is 0 Å². The van der Waals surface area contributed by atoms with E-state index in [9.17, 15) is 9.59 Å². The van der Waals surface area contributed by atoms with Gasteiger partial charge in [-0.25, -0.2) is 4.79 Å². The number of rotatable bonds is 3. The fourth-order valence-corrected chi connectivity index (χ4v) is 0.973. The number of methoxy groups -OCH3 is 1. The Balaban J connectivity index is 2.84. The van der Waals surface area contributed by atoms with Crippen molar-refractivity contribution in [2.24, 2.45) is 0 Å². The minimum Gasteiger partial charge on any atom is -0.502 e. The zero-order chi connectivity index (χ0) is 11.3. The largest absolute Gasteiger partial charge is 0.502 e. The third-order valence-electron chi connectivity index (χ3n) is 1.72. The summed E-state index contributed by atoms with van der Waals surface area (Å²) in [6, 6.07) is 8.32. The second-order valence-corrected chi connectivity index (χ2v) is 2.75. The Morgan fingerprint density at radius 1 is 1.27 bits per heavy atom. The lowest BCUT2D eigenvalue weighted by molar-refractivity contribution is -0.139. The fraction of sp³-hybridized carbons (Fsp3) is 0.0909. The molecular weight excluding hydrogens is 196 g/mol. The maximum absolute atomic E-state index is 11.4. The van der Waals surface area contributed by atoms with Crippen molar-refractivity contribution in [3.8, 4) is 0 Å². The molecule has 0 amide bonds. The molecule has 0 radical (unpaired) electrons. The average Bonchev–Trinajstić information content (AvgIpc) is 2.29. The van der Waals surface area contributed by atoms with E-state index in [4.69, 9.17) is 5.11 Å². The summed E-state index contributed by atoms with van der Waals surface area (Å²) in [6.07, 6.45) is 0.834. The molecule has 0 atom stereocenters. The first kappa shape index (κ1) is 11.0. The number of ketones is 1. The third kappa shape index (κ3) is 2.95. The lowest BCUT2D eigenvalue weighted by Gasteiger charge is -1.97. The number of carbonyl (C=O) groups is 2. The Kier molecular flexibility index (Phi) is 3.62. The number of carbonyl (C=O) groups excluding carboxylic acids is 2. The SMILES string of the molecule is COC(=O)/C(O)=C\C(=O)c1ccccc1. The van der Waals surface area contributed by atoms with Gasteiger partial charge in [-0.1, -0.05) is 30.3 Å². The molecule has 4 nitrogen and oxygen atoms in total. The zero-order valence-corrected chi connectivity index (χ0v) is 8.14. The molecule has 1 aromatic carbocycles. The van der Waals surface area contributed by atoms with Crippen LogP contribution in [0.15, 0.2) is 42.2 Å². The lowest BCUT2D eigenvalue weighted by Crippen LogP contribution is -2.06. The van der Waals surface area contributed by atoms with Crippen LogP contribution in [0.25, 0.3) is 0 Å². The number of benzene rings is 1. The highest BCUT2D eigenvalue weighted by atomic mass is 16.5. The number of esters is 1. The van der Waals surface area contributed by atoms with Crippen molar-refractivity contribution >= 4 is 11.8 Å². The number of aliphatic hydroxyl groups excluding tert-OH is 1. The Labute approximate surface area is 86.8 Å². The molecule has 0 aromatic heterocycles. The first-order chi connectivity index (χ1) is 7.15. The number of aliphatic hydroxyl groups is 1. The number of ether oxygens (including phenoxy) is 1. The smallest absolute Gasteiger partial charge is 0.373 e. The molecule has 1 aromatic rings. The van der Waals surface area contributed by atoms with Gasteiger partial charge in [0.1, 0.15) is 0 Å². The normalized spacial score (nSPS) is 10.9. The number of hydrogen-bond donors (Lipinski definition) is 1. The van der Waals surface area contributed by atoms with E-state index < -0.39 is 17.5 Å². The van der Waals surface area contributed by atoms with Crippen LogP contribution in [-0.4, -0.2) is 24.0 Å². The van der Waals surface area contributed by atoms with Crippen LogP contribution >= 0.6 is 0 Å². The summed E-state index contributed by atoms with van der Waals surface area (Å²) in [5.41, 5.74) is 0.396. The molecular formula is C11H10O4. The van der Waals surface area contributed by atoms with Crippen LogP contribution < -0.4 is 0 Å². The Bertz CT molecular complexity index is 392. The molecule has 0 bridgehead atoms. The topological polar surface area (TPSA) is 63.6 Å². The molecule has 0 fully saturated rings. The van der Waals surface area contributed by atoms with Crippen LogP contribution in [0.3, 0.4) is 0 Å². The summed E-state index contributed by atoms with van der Waals surface area (Å²) < 4.78 is 4.24. The van der Waals surface area contributed by atoms with Gasteiger partial charge in [0, 0.05) is 11.6 Å². The summed E-state index contributed by atoms with van der Waals surface area (Å²) in [4.78, 5) is 22.2. The van der Waals surface area contributed by atoms with Crippen LogP contribution in [0.1, 0.15) is 10.4 Å². The second kappa shape index (κ2) is 4.95. The second-order valence-electron chi connectivity index (χ2n) is 2.75. The summed E-state index contributed by atoms with van der Waals surface area (Å²) in [6.45, 7) is 0. The van der Waals surface area contributed by atoms with Gasteiger partial charge in [-0.2, -0.15) is 0 Å². The minimum absolute atomic E-state index is 0.396. The zero-order valence-electron chi connectivity index (χ0n) is 8.14. The van der Waals surface area contributed by atoms with Crippen molar-refractivity contribution in [2.75, 3.05) is 7.11 Å². The van der Waals surface area contributed by atoms with E-state index >= 15 is 0 Å². The van der Waals surface area contributed by atoms with E-state index in [0.717, 1.165) is 13.2 Å². The number of allylic oxidation sites excluding steroid dienone is 1. The molecule has 0 saturated carbocycles. The maximum atomic E-state index is 11.4. The molecule has 0 unspecified atom stereocenters. The Morgan fingerprint density at radius 3 is 2.40 bits per heavy atom. The highest BCUT2D eigenvalue weighted by Crippen LogP contribution is 2.03. The van der Waals surface area contributed by atoms with Crippen LogP contribution in [-0.2, 0) is 9.53 Å². The van der Waals surface area contributed by atoms with Gasteiger partial charge in [0.05, 0.1) is 7.11 Å². The van der Waals surface area contributed by atoms with Crippen LogP contribution in [0.5, 0.6) is 0 Å². The van der Waals surface area contributed by atoms with Crippen LogP contribution in [0, 0.1) is 0 Å². The van der Waals surface area contributed by atoms with Crippen molar-refractivity contribution in [2.45, 2.75) is 0 Å². The minimum atomic E-state index is -0.931. The first-order valence-electron chi connectivity index (χ1n) is 4.23. The van der Waals surface area contributed by atoms with E-state index in [0.29, 0.717) is 5.56 Å². The molecule has 78 valence electrons. The fourth-order valence-electron chi connectivity index (χ4n) is 0.973. The quantitative estimate of drug-likeness (QED) is 0.352. The van der Waals surface area contributed by atoms with E-state index in [1.54, 1.807) is 30.3 Å². The molecule has 4 heteroatoms. The van der Waals surface area contributed by atoms with E-state index in [1.165, 1.54) is 0 Å². The standard InChI is InChI=1S/C11H10O4/c1-15-11(14)10(13)7-9(12)8-5-3-2-4-6-8/h2-7,13H,1H3/b10-7+. The summed E-state index contributed by atoms with van der Waals surface area (Å²) >= 11 is 0. The van der Waals surface area contributed by atoms with Gasteiger partial charge in [-0.05, 0) is 0 Å². The van der Waals surface area contributed by atoms with Crippen LogP contribution in [0.4, 0.5) is 0 Å². The molecule has 0 aliphatic carbocycles. The highest BCUT2D eigenvalue weighted by Gasteiger charge is 2.10. The average molecular weight is 206 g/mol. The summed E-state index contributed by atoms with van der Waals surface area (Å²) in [5.74, 6) is -2.08. The Hall–Kier alpha value is -2.10. The van der Waals surface area contributed by atoms with E-state index in [-0.39, 0.29) is 0 Å². The predicted octanol–water partition coefficient (Wildman–Crippen LogP) is 1.48. The molecule has 0 heterocycles. The van der Waals surface area contributed by atoms with Crippen molar-refractivity contribution < 1.29 is 19.4 Å². The molecule has 0 spiro atoms. The lowest BCUT2D eigenvalue weighted by atomic mass is 10.1. The predicted molar refractivity (Wildman–Crippen MR) is 53.5 cm³/mol. The van der Waals surface area contributed by atoms with Crippen molar-refractivity contribution in [3.05, 3.63) is 47.7 Å². The van der Waals surface area contributed by atoms with Gasteiger partial charge >= 0.3 is 5.97 Å². The summed E-state index contributed by atoms with van der Waals surface area (Å²) in [5, 5.41) is 9.12. The van der Waals surface area contributed by atoms with Gasteiger partial charge in [0.15, 0.2) is 5.78 Å². The van der Waals surface area contributed by atoms with Crippen molar-refractivity contribution in [3.63, 3.8) is 0 Å². The molecule has 0 saturated heterocycles. The molecule has 1 rings (SSSR count). The molecule has 15 heavy (non-hydrogen) atoms. The molecule has 0 aliphatic heterocycles. The van der Waals surface area contributed by atoms with Gasteiger partial charge in [0.25, 0.3) is 0 Å². The van der Waals surface area contributed by atoms with Gasteiger partial charge in [0.2, 0.25) is 5.76 Å². The van der Waals surface area contributed by atoms with Crippen molar-refractivity contribution in [1.29, 1.82) is 0 Å². The first-order valence-corrected chi connectivity index (χ1v) is 4.23. The molecule has 0 aliphatic rings. The monoisotopic (exact) mass is 206 g/mol. The van der Waals surface area contributed by atoms with Gasteiger partial charge in [-0.15, -0.1) is 0 Å². The number of hydrogen-bond acceptors (Lipinski definition) is 4. The molecule has 1 N–H and O–H groups in total. The highest BCUT2D eigenvalue weighted by molar-refractivity contribution is 6.07. The van der Waals surface area contributed by atoms with Gasteiger partial charge in [-0.3, -0.25) is 4.79 Å². The van der Waals surface area contributed by atoms with Gasteiger partial charge < -0.3 is 9.84 Å². The maximum Gasteiger partial charge on any atom is 0.373 e.